The maximum Gasteiger partial charge on any atom is 0.305 e. The Morgan fingerprint density at radius 3 is 2.15 bits per heavy atom. The molecule has 3 rings (SSSR count). The Balaban J connectivity index is 1.52. The molecule has 0 saturated carbocycles. The van der Waals surface area contributed by atoms with E-state index >= 15 is 0 Å². The van der Waals surface area contributed by atoms with Gasteiger partial charge in [-0.05, 0) is 47.5 Å². The number of hydrogen-bond acceptors (Lipinski definition) is 7. The molecule has 5 N–H and O–H groups in total. The summed E-state index contributed by atoms with van der Waals surface area (Å²) in [6.07, 6.45) is -0.118. The lowest BCUT2D eigenvalue weighted by Gasteiger charge is -2.12. The zero-order chi connectivity index (χ0) is 23.6. The summed E-state index contributed by atoms with van der Waals surface area (Å²) in [7, 11) is 1.49. The van der Waals surface area contributed by atoms with Crippen LogP contribution in [0.25, 0.3) is 0 Å². The summed E-state index contributed by atoms with van der Waals surface area (Å²) in [5.74, 6) is 0.433. The second-order valence-electron chi connectivity index (χ2n) is 7.34. The highest BCUT2D eigenvalue weighted by atomic mass is 16.6. The summed E-state index contributed by atoms with van der Waals surface area (Å²) in [6.45, 7) is 0.618. The molecule has 0 aliphatic carbocycles. The number of aliphatic carboxylic acids is 1. The smallest absolute Gasteiger partial charge is 0.305 e. The zero-order valence-corrected chi connectivity index (χ0v) is 18.3. The number of anilines is 1. The first-order chi connectivity index (χ1) is 15.9. The molecule has 33 heavy (non-hydrogen) atoms. The molecule has 0 amide bonds. The second-order valence-corrected chi connectivity index (χ2v) is 7.34. The van der Waals surface area contributed by atoms with Crippen LogP contribution in [0.2, 0.25) is 0 Å². The molecule has 1 atom stereocenters. The minimum absolute atomic E-state index is 0.118. The van der Waals surface area contributed by atoms with E-state index in [4.69, 9.17) is 30.9 Å². The number of hydrogen-bond donors (Lipinski definition) is 3. The number of nitrogens with two attached hydrogens (primary N) is 2. The van der Waals surface area contributed by atoms with Crippen molar-refractivity contribution in [3.63, 3.8) is 0 Å². The molecule has 0 heterocycles. The predicted octanol–water partition coefficient (Wildman–Crippen LogP) is 3.75. The van der Waals surface area contributed by atoms with Gasteiger partial charge in [-0.15, -0.1) is 0 Å². The zero-order valence-electron chi connectivity index (χ0n) is 18.3. The standard InChI is InChI=1S/C25H27N3O5/c1-31-28-24(19-4-8-20(26)9-5-19)16-33-21-10-2-17(3-11-21)15-32-22-12-6-18(7-13-22)23(27)14-25(29)30/h2-13,23H,14-16,26-27H2,1H3,(H,29,30)/b28-24+. The topological polar surface area (TPSA) is 129 Å². The molecule has 0 fully saturated rings. The Labute approximate surface area is 192 Å². The van der Waals surface area contributed by atoms with E-state index in [1.54, 1.807) is 36.4 Å². The number of carboxylic acid groups (broad SMARTS) is 1. The largest absolute Gasteiger partial charge is 0.489 e. The summed E-state index contributed by atoms with van der Waals surface area (Å²) in [4.78, 5) is 15.7. The number of oxime groups is 1. The average molecular weight is 450 g/mol. The molecule has 0 radical (unpaired) electrons. The molecule has 3 aromatic rings. The molecule has 0 aliphatic rings. The predicted molar refractivity (Wildman–Crippen MR) is 126 cm³/mol. The quantitative estimate of drug-likeness (QED) is 0.231. The van der Waals surface area contributed by atoms with Crippen LogP contribution in [0.4, 0.5) is 5.69 Å². The summed E-state index contributed by atoms with van der Waals surface area (Å²) >= 11 is 0. The van der Waals surface area contributed by atoms with Gasteiger partial charge in [0, 0.05) is 17.3 Å². The van der Waals surface area contributed by atoms with Crippen LogP contribution < -0.4 is 20.9 Å². The monoisotopic (exact) mass is 449 g/mol. The van der Waals surface area contributed by atoms with Crippen LogP contribution in [0.3, 0.4) is 0 Å². The van der Waals surface area contributed by atoms with Crippen molar-refractivity contribution in [3.8, 4) is 11.5 Å². The second kappa shape index (κ2) is 11.5. The number of carboxylic acids is 1. The van der Waals surface area contributed by atoms with E-state index in [-0.39, 0.29) is 13.0 Å². The van der Waals surface area contributed by atoms with Gasteiger partial charge in [0.1, 0.15) is 37.5 Å². The van der Waals surface area contributed by atoms with Crippen molar-refractivity contribution in [2.24, 2.45) is 10.9 Å². The first-order valence-corrected chi connectivity index (χ1v) is 10.3. The van der Waals surface area contributed by atoms with Gasteiger partial charge in [-0.1, -0.05) is 41.6 Å². The lowest BCUT2D eigenvalue weighted by Crippen LogP contribution is -2.14. The third kappa shape index (κ3) is 7.26. The minimum Gasteiger partial charge on any atom is -0.489 e. The molecular formula is C25H27N3O5. The van der Waals surface area contributed by atoms with E-state index in [9.17, 15) is 4.79 Å². The van der Waals surface area contributed by atoms with Gasteiger partial charge in [0.25, 0.3) is 0 Å². The first-order valence-electron chi connectivity index (χ1n) is 10.3. The summed E-state index contributed by atoms with van der Waals surface area (Å²) < 4.78 is 11.7. The van der Waals surface area contributed by atoms with Crippen LogP contribution in [-0.4, -0.2) is 30.5 Å². The molecule has 1 unspecified atom stereocenters. The van der Waals surface area contributed by atoms with Gasteiger partial charge in [-0.25, -0.2) is 0 Å². The summed E-state index contributed by atoms with van der Waals surface area (Å²) in [5.41, 5.74) is 15.5. The van der Waals surface area contributed by atoms with E-state index in [1.807, 2.05) is 36.4 Å². The summed E-state index contributed by atoms with van der Waals surface area (Å²) in [5, 5.41) is 12.9. The van der Waals surface area contributed by atoms with Gasteiger partial charge in [0.2, 0.25) is 0 Å². The SMILES string of the molecule is CO/N=C(\COc1ccc(COc2ccc(C(N)CC(=O)O)cc2)cc1)c1ccc(N)cc1. The Hall–Kier alpha value is -4.04. The molecule has 0 aromatic heterocycles. The maximum atomic E-state index is 10.8. The highest BCUT2D eigenvalue weighted by Gasteiger charge is 2.10. The number of benzene rings is 3. The summed E-state index contributed by atoms with van der Waals surface area (Å²) in [6, 6.07) is 21.5. The Morgan fingerprint density at radius 1 is 0.939 bits per heavy atom. The minimum atomic E-state index is -0.928. The molecule has 8 heteroatoms. The van der Waals surface area contributed by atoms with Crippen LogP contribution in [0, 0.1) is 0 Å². The van der Waals surface area contributed by atoms with Crippen LogP contribution in [0.15, 0.2) is 78.0 Å². The van der Waals surface area contributed by atoms with Gasteiger partial charge in [0.05, 0.1) is 6.42 Å². The first kappa shape index (κ1) is 23.6. The molecule has 8 nitrogen and oxygen atoms in total. The molecule has 3 aromatic carbocycles. The Kier molecular flexibility index (Phi) is 8.26. The number of nitrogens with zero attached hydrogens (tertiary/aromatic N) is 1. The average Bonchev–Trinajstić information content (AvgIpc) is 2.81. The van der Waals surface area contributed by atoms with Crippen LogP contribution in [0.1, 0.15) is 29.2 Å². The number of rotatable bonds is 11. The number of ether oxygens (including phenoxy) is 2. The van der Waals surface area contributed by atoms with Crippen molar-refractivity contribution in [2.45, 2.75) is 19.1 Å². The van der Waals surface area contributed by atoms with Crippen LogP contribution in [0.5, 0.6) is 11.5 Å². The van der Waals surface area contributed by atoms with Crippen molar-refractivity contribution < 1.29 is 24.2 Å². The fourth-order valence-corrected chi connectivity index (χ4v) is 3.07. The normalized spacial score (nSPS) is 12.1. The van der Waals surface area contributed by atoms with E-state index in [0.29, 0.717) is 29.5 Å². The Bertz CT molecular complexity index is 1060. The molecule has 172 valence electrons. The molecular weight excluding hydrogens is 422 g/mol. The van der Waals surface area contributed by atoms with Gasteiger partial charge >= 0.3 is 5.97 Å². The highest BCUT2D eigenvalue weighted by molar-refractivity contribution is 6.01. The van der Waals surface area contributed by atoms with E-state index in [0.717, 1.165) is 16.7 Å². The highest BCUT2D eigenvalue weighted by Crippen LogP contribution is 2.20. The fraction of sp³-hybridized carbons (Fsp3) is 0.200. The third-order valence-corrected chi connectivity index (χ3v) is 4.85. The van der Waals surface area contributed by atoms with Crippen molar-refractivity contribution in [3.05, 3.63) is 89.5 Å². The molecule has 0 bridgehead atoms. The van der Waals surface area contributed by atoms with Gasteiger partial charge < -0.3 is 30.9 Å². The number of nitrogen functional groups attached to an aromatic ring is 1. The van der Waals surface area contributed by atoms with Gasteiger partial charge in [-0.2, -0.15) is 0 Å². The van der Waals surface area contributed by atoms with E-state index in [2.05, 4.69) is 5.16 Å². The van der Waals surface area contributed by atoms with Crippen LogP contribution in [-0.2, 0) is 16.2 Å². The van der Waals surface area contributed by atoms with Gasteiger partial charge in [-0.3, -0.25) is 4.79 Å². The third-order valence-electron chi connectivity index (χ3n) is 4.85. The molecule has 0 spiro atoms. The van der Waals surface area contributed by atoms with Crippen molar-refractivity contribution in [1.82, 2.24) is 0 Å². The van der Waals surface area contributed by atoms with Crippen LogP contribution >= 0.6 is 0 Å². The van der Waals surface area contributed by atoms with E-state index < -0.39 is 12.0 Å². The van der Waals surface area contributed by atoms with Gasteiger partial charge in [0.15, 0.2) is 0 Å². The fourth-order valence-electron chi connectivity index (χ4n) is 3.07. The lowest BCUT2D eigenvalue weighted by molar-refractivity contribution is -0.137. The number of carbonyl (C=O) groups is 1. The maximum absolute atomic E-state index is 10.8. The van der Waals surface area contributed by atoms with Crippen molar-refractivity contribution in [2.75, 3.05) is 19.5 Å². The van der Waals surface area contributed by atoms with Crippen molar-refractivity contribution in [1.29, 1.82) is 0 Å². The van der Waals surface area contributed by atoms with Crippen molar-refractivity contribution >= 4 is 17.4 Å². The molecule has 0 aliphatic heterocycles. The lowest BCUT2D eigenvalue weighted by atomic mass is 10.0. The Morgan fingerprint density at radius 2 is 1.55 bits per heavy atom. The molecule has 0 saturated heterocycles. The van der Waals surface area contributed by atoms with E-state index in [1.165, 1.54) is 7.11 Å².